The summed E-state index contributed by atoms with van der Waals surface area (Å²) in [5.74, 6) is 0.484. The Kier molecular flexibility index (Phi) is 7.36. The van der Waals surface area contributed by atoms with Gasteiger partial charge in [0.05, 0.1) is 17.7 Å². The predicted molar refractivity (Wildman–Crippen MR) is 106 cm³/mol. The second kappa shape index (κ2) is 9.72. The Morgan fingerprint density at radius 2 is 1.93 bits per heavy atom. The number of hydrazone groups is 1. The molecule has 0 fully saturated rings. The number of hydrogen-bond acceptors (Lipinski definition) is 5. The van der Waals surface area contributed by atoms with Crippen LogP contribution in [0.15, 0.2) is 58.5 Å². The third-order valence-electron chi connectivity index (χ3n) is 3.50. The number of hydrogen-bond donors (Lipinski definition) is 2. The molecule has 2 N–H and O–H groups in total. The summed E-state index contributed by atoms with van der Waals surface area (Å²) < 4.78 is 30.1. The highest BCUT2D eigenvalue weighted by molar-refractivity contribution is 7.89. The first-order valence-corrected chi connectivity index (χ1v) is 10.0. The Morgan fingerprint density at radius 3 is 2.59 bits per heavy atom. The van der Waals surface area contributed by atoms with Crippen LogP contribution in [0.1, 0.15) is 32.3 Å². The Bertz CT molecular complexity index is 893. The van der Waals surface area contributed by atoms with E-state index in [-0.39, 0.29) is 10.8 Å². The molecule has 0 heterocycles. The van der Waals surface area contributed by atoms with Gasteiger partial charge in [0.15, 0.2) is 0 Å². The average Bonchev–Trinajstić information content (AvgIpc) is 2.62. The lowest BCUT2D eigenvalue weighted by Gasteiger charge is -2.06. The van der Waals surface area contributed by atoms with Gasteiger partial charge in [0, 0.05) is 12.6 Å². The van der Waals surface area contributed by atoms with Gasteiger partial charge >= 0.3 is 0 Å². The molecule has 0 aromatic heterocycles. The number of unbranched alkanes of at least 4 members (excludes halogenated alkanes) is 1. The van der Waals surface area contributed by atoms with Crippen molar-refractivity contribution in [3.8, 4) is 5.75 Å². The molecule has 0 bridgehead atoms. The van der Waals surface area contributed by atoms with Crippen LogP contribution < -0.4 is 14.9 Å². The molecule has 1 amide bonds. The maximum Gasteiger partial charge on any atom is 0.276 e. The van der Waals surface area contributed by atoms with Crippen LogP contribution in [0, 0.1) is 0 Å². The van der Waals surface area contributed by atoms with E-state index in [2.05, 4.69) is 22.2 Å². The van der Waals surface area contributed by atoms with E-state index in [1.165, 1.54) is 37.4 Å². The first-order chi connectivity index (χ1) is 12.9. The van der Waals surface area contributed by atoms with E-state index in [1.54, 1.807) is 12.1 Å². The summed E-state index contributed by atoms with van der Waals surface area (Å²) >= 11 is 0. The molecule has 0 aliphatic heterocycles. The van der Waals surface area contributed by atoms with Gasteiger partial charge in [-0.15, -0.1) is 0 Å². The van der Waals surface area contributed by atoms with Crippen LogP contribution >= 0.6 is 0 Å². The molecule has 0 atom stereocenters. The Hall–Kier alpha value is -2.87. The van der Waals surface area contributed by atoms with Gasteiger partial charge in [-0.1, -0.05) is 25.5 Å². The van der Waals surface area contributed by atoms with E-state index < -0.39 is 10.0 Å². The Balaban J connectivity index is 2.00. The highest BCUT2D eigenvalue weighted by Crippen LogP contribution is 2.15. The minimum absolute atomic E-state index is 0.0467. The molecule has 7 nitrogen and oxygen atoms in total. The number of nitrogens with zero attached hydrogens (tertiary/aromatic N) is 1. The summed E-state index contributed by atoms with van der Waals surface area (Å²) in [6, 6.07) is 13.1. The summed E-state index contributed by atoms with van der Waals surface area (Å²) in [7, 11) is -3.80. The minimum atomic E-state index is -3.80. The monoisotopic (exact) mass is 389 g/mol. The molecule has 0 radical (unpaired) electrons. The number of benzene rings is 2. The van der Waals surface area contributed by atoms with E-state index in [4.69, 9.17) is 4.74 Å². The van der Waals surface area contributed by atoms with Crippen LogP contribution in [-0.2, 0) is 14.8 Å². The summed E-state index contributed by atoms with van der Waals surface area (Å²) in [6.45, 7) is 4.11. The number of rotatable bonds is 9. The smallest absolute Gasteiger partial charge is 0.276 e. The number of ether oxygens (including phenoxy) is 1. The largest absolute Gasteiger partial charge is 0.494 e. The maximum absolute atomic E-state index is 12.3. The number of carbonyl (C=O) groups excluding carboxylic acids is 1. The molecule has 0 unspecified atom stereocenters. The zero-order valence-electron chi connectivity index (χ0n) is 15.3. The van der Waals surface area contributed by atoms with E-state index in [0.717, 1.165) is 12.8 Å². The van der Waals surface area contributed by atoms with Crippen LogP contribution in [0.3, 0.4) is 0 Å². The molecular weight excluding hydrogens is 366 g/mol. The predicted octanol–water partition coefficient (Wildman–Crippen LogP) is 3.14. The van der Waals surface area contributed by atoms with Crippen molar-refractivity contribution in [1.29, 1.82) is 0 Å². The second-order valence-corrected chi connectivity index (χ2v) is 7.49. The number of nitrogens with one attached hydrogen (secondary N) is 2. The van der Waals surface area contributed by atoms with E-state index >= 15 is 0 Å². The quantitative estimate of drug-likeness (QED) is 0.391. The van der Waals surface area contributed by atoms with Crippen LogP contribution in [0.4, 0.5) is 5.69 Å². The van der Waals surface area contributed by atoms with E-state index in [9.17, 15) is 13.2 Å². The molecule has 0 saturated heterocycles. The molecule has 0 spiro atoms. The van der Waals surface area contributed by atoms with Crippen LogP contribution in [-0.4, -0.2) is 27.1 Å². The molecule has 2 rings (SSSR count). The molecule has 2 aromatic rings. The van der Waals surface area contributed by atoms with Crippen molar-refractivity contribution in [1.82, 2.24) is 4.83 Å². The fourth-order valence-corrected chi connectivity index (χ4v) is 2.95. The topological polar surface area (TPSA) is 96.9 Å². The number of anilines is 1. The summed E-state index contributed by atoms with van der Waals surface area (Å²) in [5.41, 5.74) is 1.23. The standard InChI is InChI=1S/C19H23N3O4S/c1-3-4-12-26-18-7-5-6-16(13-18)14-20-22-27(24,25)19-10-8-17(9-11-19)21-15(2)23/h5-11,13-14,22H,3-4,12H2,1-2H3,(H,21,23). The SMILES string of the molecule is CCCCOc1cccc(C=NNS(=O)(=O)c2ccc(NC(C)=O)cc2)c1. The third-order valence-corrected chi connectivity index (χ3v) is 4.73. The molecular formula is C19H23N3O4S. The van der Waals surface area contributed by atoms with Crippen LogP contribution in [0.2, 0.25) is 0 Å². The summed E-state index contributed by atoms with van der Waals surface area (Å²) in [5, 5.41) is 6.39. The maximum atomic E-state index is 12.3. The van der Waals surface area contributed by atoms with Crippen molar-refractivity contribution in [3.05, 3.63) is 54.1 Å². The lowest BCUT2D eigenvalue weighted by atomic mass is 10.2. The van der Waals surface area contributed by atoms with Gasteiger partial charge < -0.3 is 10.1 Å². The molecule has 27 heavy (non-hydrogen) atoms. The van der Waals surface area contributed by atoms with Gasteiger partial charge in [-0.25, -0.2) is 4.83 Å². The zero-order chi connectivity index (χ0) is 19.7. The van der Waals surface area contributed by atoms with Crippen LogP contribution in [0.5, 0.6) is 5.75 Å². The lowest BCUT2D eigenvalue weighted by Crippen LogP contribution is -2.18. The molecule has 8 heteroatoms. The average molecular weight is 389 g/mol. The van der Waals surface area contributed by atoms with E-state index in [1.807, 2.05) is 12.1 Å². The first-order valence-electron chi connectivity index (χ1n) is 8.56. The molecule has 144 valence electrons. The van der Waals surface area contributed by atoms with Crippen LogP contribution in [0.25, 0.3) is 0 Å². The highest BCUT2D eigenvalue weighted by atomic mass is 32.2. The molecule has 2 aromatic carbocycles. The van der Waals surface area contributed by atoms with Crippen molar-refractivity contribution in [2.45, 2.75) is 31.6 Å². The summed E-state index contributed by atoms with van der Waals surface area (Å²) in [4.78, 5) is 13.2. The molecule has 0 aliphatic rings. The first kappa shape index (κ1) is 20.4. The Morgan fingerprint density at radius 1 is 1.19 bits per heavy atom. The normalized spacial score (nSPS) is 11.3. The molecule has 0 aliphatic carbocycles. The van der Waals surface area contributed by atoms with Gasteiger partial charge in [0.25, 0.3) is 10.0 Å². The van der Waals surface area contributed by atoms with Gasteiger partial charge in [0.1, 0.15) is 5.75 Å². The van der Waals surface area contributed by atoms with Crippen molar-refractivity contribution in [3.63, 3.8) is 0 Å². The van der Waals surface area contributed by atoms with Gasteiger partial charge in [-0.05, 0) is 48.4 Å². The number of amides is 1. The highest BCUT2D eigenvalue weighted by Gasteiger charge is 2.12. The van der Waals surface area contributed by atoms with Crippen molar-refractivity contribution < 1.29 is 17.9 Å². The fraction of sp³-hybridized carbons (Fsp3) is 0.263. The number of carbonyl (C=O) groups is 1. The van der Waals surface area contributed by atoms with Crippen molar-refractivity contribution in [2.24, 2.45) is 5.10 Å². The van der Waals surface area contributed by atoms with Gasteiger partial charge in [-0.3, -0.25) is 4.79 Å². The van der Waals surface area contributed by atoms with Crippen molar-refractivity contribution in [2.75, 3.05) is 11.9 Å². The van der Waals surface area contributed by atoms with Gasteiger partial charge in [0.2, 0.25) is 5.91 Å². The minimum Gasteiger partial charge on any atom is -0.494 e. The second-order valence-electron chi connectivity index (χ2n) is 5.83. The van der Waals surface area contributed by atoms with Gasteiger partial charge in [-0.2, -0.15) is 13.5 Å². The fourth-order valence-electron chi connectivity index (χ4n) is 2.16. The third kappa shape index (κ3) is 6.74. The van der Waals surface area contributed by atoms with E-state index in [0.29, 0.717) is 23.6 Å². The molecule has 0 saturated carbocycles. The zero-order valence-corrected chi connectivity index (χ0v) is 16.1. The van der Waals surface area contributed by atoms with Crippen molar-refractivity contribution >= 4 is 27.8 Å². The number of sulfonamides is 1. The Labute approximate surface area is 159 Å². The summed E-state index contributed by atoms with van der Waals surface area (Å²) in [6.07, 6.45) is 3.43. The lowest BCUT2D eigenvalue weighted by molar-refractivity contribution is -0.114.